The van der Waals surface area contributed by atoms with Crippen molar-refractivity contribution in [3.8, 4) is 11.5 Å². The summed E-state index contributed by atoms with van der Waals surface area (Å²) in [5.74, 6) is 2.26. The summed E-state index contributed by atoms with van der Waals surface area (Å²) >= 11 is 0. The van der Waals surface area contributed by atoms with Crippen LogP contribution in [-0.2, 0) is 11.3 Å². The van der Waals surface area contributed by atoms with E-state index >= 15 is 0 Å². The number of aryl methyl sites for hydroxylation is 1. The Hall–Kier alpha value is -2.05. The molecular formula is C22H35IN6O3. The number of nitrogens with zero attached hydrogens (tertiary/aromatic N) is 4. The van der Waals surface area contributed by atoms with Gasteiger partial charge < -0.3 is 29.4 Å². The summed E-state index contributed by atoms with van der Waals surface area (Å²) in [7, 11) is 5.12. The highest BCUT2D eigenvalue weighted by molar-refractivity contribution is 14.0. The molecule has 0 radical (unpaired) electrons. The molecule has 10 heteroatoms. The summed E-state index contributed by atoms with van der Waals surface area (Å²) in [6.07, 6.45) is 6.60. The monoisotopic (exact) mass is 558 g/mol. The van der Waals surface area contributed by atoms with Crippen molar-refractivity contribution in [2.45, 2.75) is 19.0 Å². The Balaban J connectivity index is 0.00000363. The van der Waals surface area contributed by atoms with Gasteiger partial charge in [-0.3, -0.25) is 9.89 Å². The normalized spacial score (nSPS) is 15.5. The van der Waals surface area contributed by atoms with Gasteiger partial charge in [-0.2, -0.15) is 0 Å². The van der Waals surface area contributed by atoms with E-state index in [4.69, 9.17) is 14.2 Å². The van der Waals surface area contributed by atoms with E-state index in [0.29, 0.717) is 0 Å². The van der Waals surface area contributed by atoms with E-state index in [1.54, 1.807) is 27.5 Å². The van der Waals surface area contributed by atoms with Crippen LogP contribution in [0.2, 0.25) is 0 Å². The van der Waals surface area contributed by atoms with E-state index in [2.05, 4.69) is 42.2 Å². The SMILES string of the molecule is CN=C(NCCCn1ccnc1)NCC(c1ccc(OC)c(OC)c1)N1CCOCC1.I. The molecule has 178 valence electrons. The molecule has 0 aliphatic carbocycles. The average Bonchev–Trinajstić information content (AvgIpc) is 3.34. The summed E-state index contributed by atoms with van der Waals surface area (Å²) in [6.45, 7) is 5.73. The van der Waals surface area contributed by atoms with E-state index in [9.17, 15) is 0 Å². The molecule has 9 nitrogen and oxygen atoms in total. The number of morpholine rings is 1. The van der Waals surface area contributed by atoms with Gasteiger partial charge in [0.15, 0.2) is 17.5 Å². The Labute approximate surface area is 207 Å². The number of ether oxygens (including phenoxy) is 3. The lowest BCUT2D eigenvalue weighted by Gasteiger charge is -2.35. The van der Waals surface area contributed by atoms with Gasteiger partial charge >= 0.3 is 0 Å². The molecule has 0 spiro atoms. The van der Waals surface area contributed by atoms with E-state index in [-0.39, 0.29) is 30.0 Å². The summed E-state index contributed by atoms with van der Waals surface area (Å²) in [4.78, 5) is 10.9. The second-order valence-electron chi connectivity index (χ2n) is 7.31. The summed E-state index contributed by atoms with van der Waals surface area (Å²) < 4.78 is 18.6. The molecule has 0 amide bonds. The second kappa shape index (κ2) is 14.2. The average molecular weight is 558 g/mol. The van der Waals surface area contributed by atoms with Crippen LogP contribution in [0.5, 0.6) is 11.5 Å². The maximum atomic E-state index is 5.56. The van der Waals surface area contributed by atoms with Crippen molar-refractivity contribution in [1.29, 1.82) is 0 Å². The van der Waals surface area contributed by atoms with Crippen LogP contribution in [0, 0.1) is 0 Å². The molecule has 0 bridgehead atoms. The number of hydrogen-bond donors (Lipinski definition) is 2. The first-order valence-corrected chi connectivity index (χ1v) is 10.7. The zero-order chi connectivity index (χ0) is 21.9. The minimum Gasteiger partial charge on any atom is -0.493 e. The number of benzene rings is 1. The topological polar surface area (TPSA) is 85.2 Å². The molecule has 2 heterocycles. The molecule has 1 aromatic carbocycles. The molecule has 2 N–H and O–H groups in total. The summed E-state index contributed by atoms with van der Waals surface area (Å²) in [6, 6.07) is 6.28. The quantitative estimate of drug-likeness (QED) is 0.200. The lowest BCUT2D eigenvalue weighted by molar-refractivity contribution is 0.0169. The first-order valence-electron chi connectivity index (χ1n) is 10.7. The van der Waals surface area contributed by atoms with Crippen molar-refractivity contribution in [2.24, 2.45) is 4.99 Å². The number of nitrogens with one attached hydrogen (secondary N) is 2. The molecule has 0 saturated carbocycles. The molecule has 3 rings (SSSR count). The maximum Gasteiger partial charge on any atom is 0.191 e. The lowest BCUT2D eigenvalue weighted by Crippen LogP contribution is -2.46. The van der Waals surface area contributed by atoms with Crippen LogP contribution in [0.25, 0.3) is 0 Å². The smallest absolute Gasteiger partial charge is 0.191 e. The Kier molecular flexibility index (Phi) is 11.6. The van der Waals surface area contributed by atoms with Gasteiger partial charge in [-0.25, -0.2) is 4.98 Å². The molecule has 1 aliphatic heterocycles. The maximum absolute atomic E-state index is 5.56. The minimum absolute atomic E-state index is 0. The van der Waals surface area contributed by atoms with Crippen LogP contribution in [0.4, 0.5) is 0 Å². The third kappa shape index (κ3) is 7.52. The van der Waals surface area contributed by atoms with Crippen LogP contribution in [0.15, 0.2) is 41.9 Å². The number of methoxy groups -OCH3 is 2. The van der Waals surface area contributed by atoms with Gasteiger partial charge in [0, 0.05) is 52.2 Å². The van der Waals surface area contributed by atoms with Crippen LogP contribution < -0.4 is 20.1 Å². The van der Waals surface area contributed by atoms with Gasteiger partial charge in [0.05, 0.1) is 39.8 Å². The fraction of sp³-hybridized carbons (Fsp3) is 0.545. The third-order valence-corrected chi connectivity index (χ3v) is 5.41. The molecule has 1 unspecified atom stereocenters. The number of imidazole rings is 1. The van der Waals surface area contributed by atoms with Crippen LogP contribution in [0.1, 0.15) is 18.0 Å². The number of rotatable bonds is 10. The van der Waals surface area contributed by atoms with E-state index in [0.717, 1.165) is 69.8 Å². The zero-order valence-electron chi connectivity index (χ0n) is 19.1. The molecule has 1 aliphatic rings. The van der Waals surface area contributed by atoms with Crippen LogP contribution in [0.3, 0.4) is 0 Å². The Bertz CT molecular complexity index is 812. The molecule has 1 atom stereocenters. The van der Waals surface area contributed by atoms with Crippen molar-refractivity contribution in [3.05, 3.63) is 42.5 Å². The van der Waals surface area contributed by atoms with Gasteiger partial charge in [0.2, 0.25) is 0 Å². The van der Waals surface area contributed by atoms with Crippen molar-refractivity contribution in [1.82, 2.24) is 25.1 Å². The predicted molar refractivity (Wildman–Crippen MR) is 136 cm³/mol. The molecular weight excluding hydrogens is 523 g/mol. The van der Waals surface area contributed by atoms with Gasteiger partial charge in [0.25, 0.3) is 0 Å². The van der Waals surface area contributed by atoms with Crippen molar-refractivity contribution in [2.75, 3.05) is 60.7 Å². The van der Waals surface area contributed by atoms with Gasteiger partial charge in [-0.15, -0.1) is 24.0 Å². The highest BCUT2D eigenvalue weighted by atomic mass is 127. The van der Waals surface area contributed by atoms with Crippen molar-refractivity contribution < 1.29 is 14.2 Å². The van der Waals surface area contributed by atoms with E-state index in [1.165, 1.54) is 5.56 Å². The minimum atomic E-state index is 0. The number of aliphatic imine (C=N–C) groups is 1. The molecule has 2 aromatic rings. The van der Waals surface area contributed by atoms with Crippen LogP contribution >= 0.6 is 24.0 Å². The fourth-order valence-electron chi connectivity index (χ4n) is 3.71. The Morgan fingerprint density at radius 2 is 1.97 bits per heavy atom. The molecule has 1 saturated heterocycles. The third-order valence-electron chi connectivity index (χ3n) is 5.41. The van der Waals surface area contributed by atoms with Gasteiger partial charge in [-0.05, 0) is 24.1 Å². The molecule has 1 fully saturated rings. The van der Waals surface area contributed by atoms with E-state index in [1.807, 2.05) is 18.6 Å². The molecule has 1 aromatic heterocycles. The first-order chi connectivity index (χ1) is 15.2. The zero-order valence-corrected chi connectivity index (χ0v) is 21.5. The number of hydrogen-bond acceptors (Lipinski definition) is 6. The highest BCUT2D eigenvalue weighted by Gasteiger charge is 2.24. The Morgan fingerprint density at radius 3 is 2.62 bits per heavy atom. The predicted octanol–water partition coefficient (Wildman–Crippen LogP) is 2.15. The number of halogens is 1. The lowest BCUT2D eigenvalue weighted by atomic mass is 10.0. The van der Waals surface area contributed by atoms with Crippen molar-refractivity contribution >= 4 is 29.9 Å². The van der Waals surface area contributed by atoms with Gasteiger partial charge in [-0.1, -0.05) is 6.07 Å². The fourth-order valence-corrected chi connectivity index (χ4v) is 3.71. The van der Waals surface area contributed by atoms with E-state index < -0.39 is 0 Å². The summed E-state index contributed by atoms with van der Waals surface area (Å²) in [5.41, 5.74) is 1.17. The standard InChI is InChI=1S/C22H34N6O3.HI/c1-23-22(25-7-4-9-27-10-8-24-17-27)26-16-19(28-11-13-31-14-12-28)18-5-6-20(29-2)21(15-18)30-3;/h5-6,8,10,15,17,19H,4,7,9,11-14,16H2,1-3H3,(H2,23,25,26);1H. The van der Waals surface area contributed by atoms with Crippen LogP contribution in [-0.4, -0.2) is 81.1 Å². The summed E-state index contributed by atoms with van der Waals surface area (Å²) in [5, 5.41) is 6.89. The number of guanidine groups is 1. The largest absolute Gasteiger partial charge is 0.493 e. The molecule has 32 heavy (non-hydrogen) atoms. The van der Waals surface area contributed by atoms with Crippen molar-refractivity contribution in [3.63, 3.8) is 0 Å². The second-order valence-corrected chi connectivity index (χ2v) is 7.31. The highest BCUT2D eigenvalue weighted by Crippen LogP contribution is 2.32. The number of aromatic nitrogens is 2. The van der Waals surface area contributed by atoms with Gasteiger partial charge in [0.1, 0.15) is 0 Å². The Morgan fingerprint density at radius 1 is 1.19 bits per heavy atom. The first kappa shape index (κ1) is 26.2.